The first-order chi connectivity index (χ1) is 8.90. The van der Waals surface area contributed by atoms with Gasteiger partial charge in [-0.25, -0.2) is 8.78 Å². The lowest BCUT2D eigenvalue weighted by atomic mass is 10.1. The number of hydrogen-bond donors (Lipinski definition) is 1. The predicted molar refractivity (Wildman–Crippen MR) is 66.8 cm³/mol. The molecule has 1 amide bonds. The molecule has 5 heteroatoms. The summed E-state index contributed by atoms with van der Waals surface area (Å²) in [4.78, 5) is 13.2. The van der Waals surface area contributed by atoms with E-state index in [0.717, 1.165) is 25.0 Å². The van der Waals surface area contributed by atoms with Gasteiger partial charge in [-0.1, -0.05) is 0 Å². The monoisotopic (exact) mass is 269 g/mol. The van der Waals surface area contributed by atoms with Crippen molar-refractivity contribution in [1.29, 1.82) is 0 Å². The Morgan fingerprint density at radius 3 is 2.63 bits per heavy atom. The van der Waals surface area contributed by atoms with Gasteiger partial charge in [-0.15, -0.1) is 0 Å². The van der Waals surface area contributed by atoms with Crippen molar-refractivity contribution < 1.29 is 18.7 Å². The highest BCUT2D eigenvalue weighted by molar-refractivity contribution is 5.94. The molecule has 0 heterocycles. The van der Waals surface area contributed by atoms with Crippen LogP contribution in [0.4, 0.5) is 8.78 Å². The lowest BCUT2D eigenvalue weighted by molar-refractivity contribution is 0.0640. The molecule has 1 fully saturated rings. The summed E-state index contributed by atoms with van der Waals surface area (Å²) in [7, 11) is 1.48. The number of nitrogens with zero attached hydrogens (tertiary/aromatic N) is 1. The van der Waals surface area contributed by atoms with Crippen molar-refractivity contribution in [3.05, 3.63) is 34.9 Å². The third-order valence-electron chi connectivity index (χ3n) is 3.45. The zero-order valence-electron chi connectivity index (χ0n) is 11.0. The van der Waals surface area contributed by atoms with Crippen molar-refractivity contribution in [3.63, 3.8) is 0 Å². The van der Waals surface area contributed by atoms with Gasteiger partial charge in [0.25, 0.3) is 5.91 Å². The summed E-state index contributed by atoms with van der Waals surface area (Å²) in [6.45, 7) is 1.58. The van der Waals surface area contributed by atoms with Gasteiger partial charge in [-0.3, -0.25) is 4.79 Å². The number of aliphatic hydroxyl groups is 1. The number of carbonyl (C=O) groups excluding carboxylic acids is 1. The van der Waals surface area contributed by atoms with E-state index in [9.17, 15) is 18.7 Å². The number of rotatable bonds is 4. The van der Waals surface area contributed by atoms with Gasteiger partial charge in [-0.2, -0.15) is 0 Å². The van der Waals surface area contributed by atoms with Gasteiger partial charge in [0.1, 0.15) is 11.6 Å². The quantitative estimate of drug-likeness (QED) is 0.909. The molecule has 1 N–H and O–H groups in total. The molecule has 19 heavy (non-hydrogen) atoms. The molecule has 1 saturated carbocycles. The number of hydrogen-bond acceptors (Lipinski definition) is 2. The number of carbonyl (C=O) groups is 1. The van der Waals surface area contributed by atoms with E-state index in [0.29, 0.717) is 0 Å². The minimum Gasteiger partial charge on any atom is -0.391 e. The highest BCUT2D eigenvalue weighted by Gasteiger charge is 2.31. The molecule has 1 aromatic rings. The maximum Gasteiger partial charge on any atom is 0.256 e. The first-order valence-corrected chi connectivity index (χ1v) is 6.29. The van der Waals surface area contributed by atoms with Crippen LogP contribution in [-0.2, 0) is 0 Å². The van der Waals surface area contributed by atoms with Crippen molar-refractivity contribution in [2.75, 3.05) is 13.6 Å². The summed E-state index contributed by atoms with van der Waals surface area (Å²) in [5, 5.41) is 9.76. The topological polar surface area (TPSA) is 40.5 Å². The van der Waals surface area contributed by atoms with Crippen LogP contribution in [0, 0.1) is 24.5 Å². The van der Waals surface area contributed by atoms with E-state index in [-0.39, 0.29) is 23.6 Å². The predicted octanol–water partition coefficient (Wildman–Crippen LogP) is 2.12. The van der Waals surface area contributed by atoms with E-state index in [1.165, 1.54) is 18.9 Å². The van der Waals surface area contributed by atoms with Crippen molar-refractivity contribution in [2.24, 2.45) is 5.92 Å². The average Bonchev–Trinajstić information content (AvgIpc) is 3.16. The van der Waals surface area contributed by atoms with Gasteiger partial charge in [0.05, 0.1) is 11.7 Å². The van der Waals surface area contributed by atoms with Gasteiger partial charge in [0.15, 0.2) is 0 Å². The Labute approximate surface area is 110 Å². The Bertz CT molecular complexity index is 500. The van der Waals surface area contributed by atoms with E-state index in [2.05, 4.69) is 0 Å². The standard InChI is InChI=1S/C14H17F2NO2/c1-8-5-12(16)10(6-11(8)15)14(19)17(2)7-13(18)9-3-4-9/h5-6,9,13,18H,3-4,7H2,1-2H3. The minimum absolute atomic E-state index is 0.137. The number of aryl methyl sites for hydroxylation is 1. The number of amides is 1. The summed E-state index contributed by atoms with van der Waals surface area (Å²) < 4.78 is 27.1. The van der Waals surface area contributed by atoms with Gasteiger partial charge < -0.3 is 10.0 Å². The SMILES string of the molecule is Cc1cc(F)c(C(=O)N(C)CC(O)C2CC2)cc1F. The van der Waals surface area contributed by atoms with Crippen LogP contribution in [0.1, 0.15) is 28.8 Å². The van der Waals surface area contributed by atoms with Gasteiger partial charge in [-0.05, 0) is 43.4 Å². The number of halogens is 2. The highest BCUT2D eigenvalue weighted by Crippen LogP contribution is 2.32. The van der Waals surface area contributed by atoms with Gasteiger partial charge in [0.2, 0.25) is 0 Å². The molecule has 0 aliphatic heterocycles. The van der Waals surface area contributed by atoms with E-state index >= 15 is 0 Å². The largest absolute Gasteiger partial charge is 0.391 e. The Balaban J connectivity index is 2.11. The molecule has 1 aromatic carbocycles. The van der Waals surface area contributed by atoms with Crippen LogP contribution < -0.4 is 0 Å². The second kappa shape index (κ2) is 5.25. The first-order valence-electron chi connectivity index (χ1n) is 6.29. The van der Waals surface area contributed by atoms with Crippen molar-refractivity contribution >= 4 is 5.91 Å². The molecule has 3 nitrogen and oxygen atoms in total. The van der Waals surface area contributed by atoms with Crippen molar-refractivity contribution in [3.8, 4) is 0 Å². The molecule has 0 spiro atoms. The van der Waals surface area contributed by atoms with Crippen LogP contribution >= 0.6 is 0 Å². The smallest absolute Gasteiger partial charge is 0.256 e. The molecule has 0 aromatic heterocycles. The molecule has 2 rings (SSSR count). The Morgan fingerprint density at radius 1 is 1.42 bits per heavy atom. The number of benzene rings is 1. The molecule has 1 unspecified atom stereocenters. The van der Waals surface area contributed by atoms with E-state index in [4.69, 9.17) is 0 Å². The van der Waals surface area contributed by atoms with Crippen LogP contribution in [-0.4, -0.2) is 35.6 Å². The van der Waals surface area contributed by atoms with Crippen molar-refractivity contribution in [2.45, 2.75) is 25.9 Å². The van der Waals surface area contributed by atoms with Crippen LogP contribution in [0.2, 0.25) is 0 Å². The summed E-state index contributed by atoms with van der Waals surface area (Å²) in [6.07, 6.45) is 1.32. The van der Waals surface area contributed by atoms with E-state index < -0.39 is 23.6 Å². The molecular formula is C14H17F2NO2. The van der Waals surface area contributed by atoms with E-state index in [1.807, 2.05) is 0 Å². The third-order valence-corrected chi connectivity index (χ3v) is 3.45. The average molecular weight is 269 g/mol. The maximum atomic E-state index is 13.7. The van der Waals surface area contributed by atoms with E-state index in [1.54, 1.807) is 0 Å². The molecule has 0 saturated heterocycles. The zero-order valence-corrected chi connectivity index (χ0v) is 11.0. The lowest BCUT2D eigenvalue weighted by Crippen LogP contribution is -2.35. The van der Waals surface area contributed by atoms with Crippen LogP contribution in [0.25, 0.3) is 0 Å². The normalized spacial score (nSPS) is 16.3. The molecule has 1 aliphatic carbocycles. The minimum atomic E-state index is -0.739. The van der Waals surface area contributed by atoms with Crippen molar-refractivity contribution in [1.82, 2.24) is 4.90 Å². The Morgan fingerprint density at radius 2 is 2.05 bits per heavy atom. The number of likely N-dealkylation sites (N-methyl/N-ethyl adjacent to an activating group) is 1. The maximum absolute atomic E-state index is 13.7. The summed E-state index contributed by atoms with van der Waals surface area (Å²) in [6, 6.07) is 1.92. The van der Waals surface area contributed by atoms with Crippen LogP contribution in [0.3, 0.4) is 0 Å². The number of aliphatic hydroxyl groups excluding tert-OH is 1. The first kappa shape index (κ1) is 13.9. The summed E-state index contributed by atoms with van der Waals surface area (Å²) in [5.41, 5.74) is -0.136. The summed E-state index contributed by atoms with van der Waals surface area (Å²) in [5.74, 6) is -1.73. The third kappa shape index (κ3) is 3.10. The fourth-order valence-corrected chi connectivity index (χ4v) is 2.01. The molecule has 1 atom stereocenters. The molecule has 1 aliphatic rings. The molecule has 0 radical (unpaired) electrons. The molecular weight excluding hydrogens is 252 g/mol. The van der Waals surface area contributed by atoms with Gasteiger partial charge >= 0.3 is 0 Å². The van der Waals surface area contributed by atoms with Crippen LogP contribution in [0.15, 0.2) is 12.1 Å². The second-order valence-electron chi connectivity index (χ2n) is 5.17. The lowest BCUT2D eigenvalue weighted by Gasteiger charge is -2.21. The highest BCUT2D eigenvalue weighted by atomic mass is 19.1. The Hall–Kier alpha value is -1.49. The van der Waals surface area contributed by atoms with Crippen LogP contribution in [0.5, 0.6) is 0 Å². The zero-order chi connectivity index (χ0) is 14.2. The second-order valence-corrected chi connectivity index (χ2v) is 5.17. The fourth-order valence-electron chi connectivity index (χ4n) is 2.01. The Kier molecular flexibility index (Phi) is 3.85. The van der Waals surface area contributed by atoms with Gasteiger partial charge in [0, 0.05) is 13.6 Å². The summed E-state index contributed by atoms with van der Waals surface area (Å²) >= 11 is 0. The molecule has 0 bridgehead atoms. The molecule has 104 valence electrons. The fraction of sp³-hybridized carbons (Fsp3) is 0.500.